The van der Waals surface area contributed by atoms with E-state index in [1.807, 2.05) is 30.3 Å². The lowest BCUT2D eigenvalue weighted by molar-refractivity contribution is -0.128. The van der Waals surface area contributed by atoms with E-state index in [1.165, 1.54) is 6.07 Å². The van der Waals surface area contributed by atoms with Crippen molar-refractivity contribution >= 4 is 11.8 Å². The van der Waals surface area contributed by atoms with Gasteiger partial charge in [0.25, 0.3) is 5.91 Å². The van der Waals surface area contributed by atoms with E-state index in [4.69, 9.17) is 19.6 Å². The molecule has 3 aromatic rings. The molecule has 0 spiro atoms. The zero-order valence-electron chi connectivity index (χ0n) is 19.9. The van der Waals surface area contributed by atoms with Gasteiger partial charge >= 0.3 is 0 Å². The number of carbonyl (C=O) groups excluding carboxylic acids is 1. The summed E-state index contributed by atoms with van der Waals surface area (Å²) >= 11 is 0. The maximum atomic E-state index is 13.6. The fourth-order valence-corrected chi connectivity index (χ4v) is 4.04. The third-order valence-corrected chi connectivity index (χ3v) is 6.08. The summed E-state index contributed by atoms with van der Waals surface area (Å²) in [6.07, 6.45) is 0.250. The second-order valence-corrected chi connectivity index (χ2v) is 8.64. The highest BCUT2D eigenvalue weighted by molar-refractivity contribution is 6.00. The second-order valence-electron chi connectivity index (χ2n) is 8.64. The molecule has 0 aromatic heterocycles. The lowest BCUT2D eigenvalue weighted by atomic mass is 9.86. The first-order valence-electron chi connectivity index (χ1n) is 11.8. The van der Waals surface area contributed by atoms with Gasteiger partial charge in [-0.2, -0.15) is 0 Å². The number of aliphatic imine (C=N–C) groups is 1. The molecule has 0 saturated heterocycles. The van der Waals surface area contributed by atoms with Crippen LogP contribution in [0.25, 0.3) is 0 Å². The van der Waals surface area contributed by atoms with Crippen LogP contribution in [0.3, 0.4) is 0 Å². The first-order chi connectivity index (χ1) is 17.4. The third-order valence-electron chi connectivity index (χ3n) is 6.08. The number of benzene rings is 3. The van der Waals surface area contributed by atoms with Crippen molar-refractivity contribution in [2.45, 2.75) is 38.0 Å². The van der Waals surface area contributed by atoms with Gasteiger partial charge in [-0.1, -0.05) is 36.4 Å². The van der Waals surface area contributed by atoms with E-state index in [-0.39, 0.29) is 19.1 Å². The van der Waals surface area contributed by atoms with E-state index >= 15 is 0 Å². The minimum Gasteiger partial charge on any atom is -0.494 e. The lowest BCUT2D eigenvalue weighted by Crippen LogP contribution is -2.52. The van der Waals surface area contributed by atoms with Crippen molar-refractivity contribution in [1.82, 2.24) is 5.32 Å². The Balaban J connectivity index is 1.59. The second kappa shape index (κ2) is 11.3. The van der Waals surface area contributed by atoms with Gasteiger partial charge in [0, 0.05) is 31.6 Å². The molecule has 1 aliphatic heterocycles. The number of aliphatic hydroxyl groups is 1. The van der Waals surface area contributed by atoms with E-state index < -0.39 is 23.3 Å². The van der Waals surface area contributed by atoms with Gasteiger partial charge in [0.05, 0.1) is 6.61 Å². The first-order valence-corrected chi connectivity index (χ1v) is 11.8. The fraction of sp³-hybridized carbons (Fsp3) is 0.286. The van der Waals surface area contributed by atoms with Crippen LogP contribution in [0.1, 0.15) is 30.0 Å². The molecule has 8 heteroatoms. The Kier molecular flexibility index (Phi) is 7.95. The zero-order valence-corrected chi connectivity index (χ0v) is 19.9. The summed E-state index contributed by atoms with van der Waals surface area (Å²) in [5.41, 5.74) is 0.781. The van der Waals surface area contributed by atoms with E-state index in [0.29, 0.717) is 42.2 Å². The van der Waals surface area contributed by atoms with Crippen LogP contribution in [0, 0.1) is 11.6 Å². The van der Waals surface area contributed by atoms with Crippen molar-refractivity contribution in [2.24, 2.45) is 4.99 Å². The van der Waals surface area contributed by atoms with Crippen LogP contribution in [0.4, 0.5) is 8.78 Å². The monoisotopic (exact) mass is 494 g/mol. The molecule has 2 atom stereocenters. The fourth-order valence-electron chi connectivity index (χ4n) is 4.04. The van der Waals surface area contributed by atoms with Crippen molar-refractivity contribution < 1.29 is 28.2 Å². The van der Waals surface area contributed by atoms with Crippen LogP contribution >= 0.6 is 0 Å². The maximum absolute atomic E-state index is 13.6. The average Bonchev–Trinajstić information content (AvgIpc) is 3.22. The molecule has 36 heavy (non-hydrogen) atoms. The third kappa shape index (κ3) is 5.71. The Bertz CT molecular complexity index is 1220. The molecule has 3 aromatic carbocycles. The number of hydrogen-bond acceptors (Lipinski definition) is 5. The molecule has 0 unspecified atom stereocenters. The van der Waals surface area contributed by atoms with Crippen LogP contribution in [-0.2, 0) is 22.5 Å². The molecule has 0 aliphatic carbocycles. The number of nitrogens with one attached hydrogen (secondary N) is 1. The summed E-state index contributed by atoms with van der Waals surface area (Å²) in [7, 11) is 0. The molecule has 0 radical (unpaired) electrons. The summed E-state index contributed by atoms with van der Waals surface area (Å²) in [6.45, 7) is 2.28. The van der Waals surface area contributed by atoms with E-state index in [9.17, 15) is 13.6 Å². The van der Waals surface area contributed by atoms with Crippen molar-refractivity contribution in [3.05, 3.63) is 101 Å². The van der Waals surface area contributed by atoms with Crippen molar-refractivity contribution in [2.75, 3.05) is 13.2 Å². The van der Waals surface area contributed by atoms with Gasteiger partial charge in [0.1, 0.15) is 11.9 Å². The smallest absolute Gasteiger partial charge is 0.252 e. The van der Waals surface area contributed by atoms with Gasteiger partial charge in [0.2, 0.25) is 5.90 Å². The molecule has 6 nitrogen and oxygen atoms in total. The molecule has 0 bridgehead atoms. The Morgan fingerprint density at radius 2 is 1.81 bits per heavy atom. The Morgan fingerprint density at radius 3 is 2.50 bits per heavy atom. The van der Waals surface area contributed by atoms with E-state index in [2.05, 4.69) is 5.32 Å². The molecular weight excluding hydrogens is 466 g/mol. The standard InChI is InChI=1S/C28H28F2N2O4/c1-19-28(17-20-6-3-2-4-7-20,27(34)31-18-21-8-13-24(29)25(30)16-21)32-26(36-19)22-9-11-23(12-10-22)35-15-5-14-33/h2-4,6-13,16,19,33H,5,14-15,17-18H2,1H3,(H,31,34)/t19-,28-/m1/s1. The van der Waals surface area contributed by atoms with Crippen molar-refractivity contribution in [1.29, 1.82) is 0 Å². The molecule has 4 rings (SSSR count). The molecular formula is C28H28F2N2O4. The highest BCUT2D eigenvalue weighted by Crippen LogP contribution is 2.33. The number of amides is 1. The van der Waals surface area contributed by atoms with Crippen molar-refractivity contribution in [3.8, 4) is 5.75 Å². The summed E-state index contributed by atoms with van der Waals surface area (Å²) in [5.74, 6) is -1.30. The minimum absolute atomic E-state index is 0.0179. The van der Waals surface area contributed by atoms with Crippen LogP contribution in [0.2, 0.25) is 0 Å². The van der Waals surface area contributed by atoms with Gasteiger partial charge < -0.3 is 19.9 Å². The number of aliphatic hydroxyl groups excluding tert-OH is 1. The topological polar surface area (TPSA) is 80.2 Å². The van der Waals surface area contributed by atoms with Gasteiger partial charge in [-0.05, 0) is 54.4 Å². The highest BCUT2D eigenvalue weighted by Gasteiger charge is 2.50. The SMILES string of the molecule is C[C@H]1OC(c2ccc(OCCCO)cc2)=N[C@@]1(Cc1ccccc1)C(=O)NCc1ccc(F)c(F)c1. The predicted molar refractivity (Wildman–Crippen MR) is 132 cm³/mol. The summed E-state index contributed by atoms with van der Waals surface area (Å²) in [4.78, 5) is 18.4. The highest BCUT2D eigenvalue weighted by atomic mass is 19.2. The Morgan fingerprint density at radius 1 is 1.06 bits per heavy atom. The molecule has 2 N–H and O–H groups in total. The van der Waals surface area contributed by atoms with Crippen LogP contribution < -0.4 is 10.1 Å². The van der Waals surface area contributed by atoms with Crippen LogP contribution in [-0.4, -0.2) is 41.8 Å². The van der Waals surface area contributed by atoms with Gasteiger partial charge in [-0.15, -0.1) is 0 Å². The quantitative estimate of drug-likeness (QED) is 0.415. The number of rotatable bonds is 10. The number of carbonyl (C=O) groups is 1. The lowest BCUT2D eigenvalue weighted by Gasteiger charge is -2.28. The van der Waals surface area contributed by atoms with Gasteiger partial charge in [-0.3, -0.25) is 4.79 Å². The average molecular weight is 495 g/mol. The number of halogens is 2. The summed E-state index contributed by atoms with van der Waals surface area (Å²) < 4.78 is 38.6. The normalized spacial score (nSPS) is 18.9. The van der Waals surface area contributed by atoms with Crippen LogP contribution in [0.5, 0.6) is 5.75 Å². The summed E-state index contributed by atoms with van der Waals surface area (Å²) in [6, 6.07) is 20.2. The van der Waals surface area contributed by atoms with E-state index in [0.717, 1.165) is 17.7 Å². The minimum atomic E-state index is -1.26. The maximum Gasteiger partial charge on any atom is 0.252 e. The number of hydrogen-bond donors (Lipinski definition) is 2. The molecule has 1 heterocycles. The first kappa shape index (κ1) is 25.3. The Hall–Kier alpha value is -3.78. The largest absolute Gasteiger partial charge is 0.494 e. The molecule has 0 fully saturated rings. The zero-order chi connectivity index (χ0) is 25.5. The molecule has 0 saturated carbocycles. The number of ether oxygens (including phenoxy) is 2. The van der Waals surface area contributed by atoms with Crippen molar-refractivity contribution in [3.63, 3.8) is 0 Å². The molecule has 1 aliphatic rings. The predicted octanol–water partition coefficient (Wildman–Crippen LogP) is 4.19. The van der Waals surface area contributed by atoms with Gasteiger partial charge in [-0.25, -0.2) is 13.8 Å². The Labute approximate surface area is 208 Å². The van der Waals surface area contributed by atoms with Crippen LogP contribution in [0.15, 0.2) is 77.8 Å². The summed E-state index contributed by atoms with van der Waals surface area (Å²) in [5, 5.41) is 11.7. The van der Waals surface area contributed by atoms with E-state index in [1.54, 1.807) is 31.2 Å². The van der Waals surface area contributed by atoms with Gasteiger partial charge in [0.15, 0.2) is 17.2 Å². The molecule has 188 valence electrons. The number of nitrogens with zero attached hydrogens (tertiary/aromatic N) is 1. The molecule has 1 amide bonds.